The van der Waals surface area contributed by atoms with Gasteiger partial charge < -0.3 is 9.64 Å². The van der Waals surface area contributed by atoms with Crippen molar-refractivity contribution in [2.75, 3.05) is 6.54 Å². The molecule has 0 aromatic heterocycles. The van der Waals surface area contributed by atoms with Gasteiger partial charge in [-0.25, -0.2) is 4.79 Å². The summed E-state index contributed by atoms with van der Waals surface area (Å²) in [6, 6.07) is -0.339. The van der Waals surface area contributed by atoms with Crippen LogP contribution in [0, 0.1) is 4.91 Å². The second-order valence-corrected chi connectivity index (χ2v) is 5.31. The van der Waals surface area contributed by atoms with E-state index >= 15 is 0 Å². The predicted octanol–water partition coefficient (Wildman–Crippen LogP) is 2.72. The van der Waals surface area contributed by atoms with Gasteiger partial charge in [-0.05, 0) is 38.8 Å². The number of likely N-dealkylation sites (tertiary alicyclic amines) is 1. The maximum Gasteiger partial charge on any atom is 0.410 e. The number of ether oxygens (including phenoxy) is 1. The van der Waals surface area contributed by atoms with Crippen molar-refractivity contribution in [2.24, 2.45) is 5.18 Å². The fourth-order valence-corrected chi connectivity index (χ4v) is 1.96. The molecule has 16 heavy (non-hydrogen) atoms. The van der Waals surface area contributed by atoms with Crippen molar-refractivity contribution in [1.29, 1.82) is 0 Å². The molecule has 5 nitrogen and oxygen atoms in total. The number of carbonyl (C=O) groups is 1. The molecule has 0 N–H and O–H groups in total. The number of hydrogen-bond donors (Lipinski definition) is 0. The van der Waals surface area contributed by atoms with E-state index in [0.29, 0.717) is 13.0 Å². The molecule has 0 radical (unpaired) electrons. The van der Waals surface area contributed by atoms with Gasteiger partial charge in [0.15, 0.2) is 5.50 Å². The molecule has 2 unspecified atom stereocenters. The molecule has 1 heterocycles. The van der Waals surface area contributed by atoms with Crippen LogP contribution in [0.2, 0.25) is 0 Å². The van der Waals surface area contributed by atoms with Crippen molar-refractivity contribution in [3.05, 3.63) is 4.91 Å². The third-order valence-corrected chi connectivity index (χ3v) is 2.72. The molecule has 0 aliphatic carbocycles. The first-order valence-corrected chi connectivity index (χ1v) is 5.75. The van der Waals surface area contributed by atoms with Crippen LogP contribution in [-0.2, 0) is 4.74 Å². The van der Waals surface area contributed by atoms with E-state index < -0.39 is 17.2 Å². The zero-order chi connectivity index (χ0) is 12.3. The number of halogens is 1. The Labute approximate surface area is 100 Å². The van der Waals surface area contributed by atoms with Crippen LogP contribution < -0.4 is 0 Å². The van der Waals surface area contributed by atoms with Crippen LogP contribution in [-0.4, -0.2) is 34.7 Å². The molecule has 0 bridgehead atoms. The van der Waals surface area contributed by atoms with Crippen molar-refractivity contribution in [2.45, 2.75) is 50.8 Å². The average molecular weight is 249 g/mol. The number of carbonyl (C=O) groups excluding carboxylic acids is 1. The first-order chi connectivity index (χ1) is 7.35. The Bertz CT molecular complexity index is 278. The van der Waals surface area contributed by atoms with Crippen molar-refractivity contribution < 1.29 is 9.53 Å². The number of amides is 1. The average Bonchev–Trinajstić information content (AvgIpc) is 2.62. The summed E-state index contributed by atoms with van der Waals surface area (Å²) in [5.74, 6) is 0. The SMILES string of the molecule is CC(C)(C)OC(=O)N1CCCC1C(Cl)N=O. The van der Waals surface area contributed by atoms with E-state index in [4.69, 9.17) is 16.3 Å². The summed E-state index contributed by atoms with van der Waals surface area (Å²) in [5, 5.41) is 2.77. The minimum atomic E-state index is -0.894. The molecule has 1 saturated heterocycles. The summed E-state index contributed by atoms with van der Waals surface area (Å²) in [5.41, 5.74) is -1.43. The molecule has 1 fully saturated rings. The smallest absolute Gasteiger partial charge is 0.410 e. The molecule has 0 aromatic carbocycles. The third-order valence-electron chi connectivity index (χ3n) is 2.35. The summed E-state index contributed by atoms with van der Waals surface area (Å²) in [6.45, 7) is 5.96. The van der Waals surface area contributed by atoms with E-state index in [0.717, 1.165) is 6.42 Å². The van der Waals surface area contributed by atoms with Crippen LogP contribution in [0.5, 0.6) is 0 Å². The van der Waals surface area contributed by atoms with E-state index in [1.54, 1.807) is 20.8 Å². The standard InChI is InChI=1S/C10H17ClN2O3/c1-10(2,3)16-9(14)13-6-4-5-7(13)8(11)12-15/h7-8H,4-6H2,1-3H3. The second-order valence-electron chi connectivity index (χ2n) is 4.86. The normalized spacial score (nSPS) is 23.0. The minimum Gasteiger partial charge on any atom is -0.444 e. The Balaban J connectivity index is 2.64. The summed E-state index contributed by atoms with van der Waals surface area (Å²) in [4.78, 5) is 23.7. The number of rotatable bonds is 2. The van der Waals surface area contributed by atoms with Gasteiger partial charge in [0.05, 0.1) is 6.04 Å². The van der Waals surface area contributed by atoms with Crippen molar-refractivity contribution >= 4 is 17.7 Å². The Morgan fingerprint density at radius 1 is 1.56 bits per heavy atom. The molecule has 1 rings (SSSR count). The lowest BCUT2D eigenvalue weighted by atomic mass is 10.2. The van der Waals surface area contributed by atoms with Crippen molar-refractivity contribution in [3.8, 4) is 0 Å². The second kappa shape index (κ2) is 4.99. The van der Waals surface area contributed by atoms with Gasteiger partial charge in [-0.1, -0.05) is 11.6 Å². The number of nitrogens with zero attached hydrogens (tertiary/aromatic N) is 2. The lowest BCUT2D eigenvalue weighted by Crippen LogP contribution is -2.43. The lowest BCUT2D eigenvalue weighted by Gasteiger charge is -2.28. The third kappa shape index (κ3) is 3.33. The Morgan fingerprint density at radius 3 is 2.69 bits per heavy atom. The molecule has 0 aromatic rings. The maximum atomic E-state index is 11.8. The highest BCUT2D eigenvalue weighted by Crippen LogP contribution is 2.25. The Kier molecular flexibility index (Phi) is 4.13. The summed E-state index contributed by atoms with van der Waals surface area (Å²) in [6.07, 6.45) is 1.09. The highest BCUT2D eigenvalue weighted by molar-refractivity contribution is 6.21. The quantitative estimate of drug-likeness (QED) is 0.429. The molecule has 1 aliphatic rings. The van der Waals surface area contributed by atoms with E-state index in [1.807, 2.05) is 0 Å². The van der Waals surface area contributed by atoms with Crippen molar-refractivity contribution in [3.63, 3.8) is 0 Å². The highest BCUT2D eigenvalue weighted by atomic mass is 35.5. The van der Waals surface area contributed by atoms with E-state index in [-0.39, 0.29) is 6.04 Å². The molecule has 6 heteroatoms. The van der Waals surface area contributed by atoms with Crippen LogP contribution in [0.15, 0.2) is 5.18 Å². The van der Waals surface area contributed by atoms with E-state index in [1.165, 1.54) is 4.90 Å². The van der Waals surface area contributed by atoms with E-state index in [9.17, 15) is 9.70 Å². The van der Waals surface area contributed by atoms with Crippen LogP contribution in [0.4, 0.5) is 4.79 Å². The van der Waals surface area contributed by atoms with Crippen LogP contribution in [0.25, 0.3) is 0 Å². The van der Waals surface area contributed by atoms with Crippen LogP contribution in [0.1, 0.15) is 33.6 Å². The first-order valence-electron chi connectivity index (χ1n) is 5.31. The van der Waals surface area contributed by atoms with Gasteiger partial charge in [0.1, 0.15) is 5.60 Å². The van der Waals surface area contributed by atoms with Crippen molar-refractivity contribution in [1.82, 2.24) is 4.90 Å². The first kappa shape index (κ1) is 13.2. The fourth-order valence-electron chi connectivity index (χ4n) is 1.70. The van der Waals surface area contributed by atoms with Crippen LogP contribution >= 0.6 is 11.6 Å². The van der Waals surface area contributed by atoms with Gasteiger partial charge in [-0.2, -0.15) is 0 Å². The molecule has 0 saturated carbocycles. The number of hydrogen-bond acceptors (Lipinski definition) is 4. The molecular formula is C10H17ClN2O3. The predicted molar refractivity (Wildman–Crippen MR) is 61.4 cm³/mol. The number of nitroso groups, excluding NO2 is 1. The molecule has 1 amide bonds. The molecule has 92 valence electrons. The molecule has 0 spiro atoms. The Hall–Kier alpha value is -0.840. The highest BCUT2D eigenvalue weighted by Gasteiger charge is 2.36. The molecular weight excluding hydrogens is 232 g/mol. The largest absolute Gasteiger partial charge is 0.444 e. The van der Waals surface area contributed by atoms with Gasteiger partial charge in [0, 0.05) is 6.54 Å². The summed E-state index contributed by atoms with van der Waals surface area (Å²) < 4.78 is 5.23. The summed E-state index contributed by atoms with van der Waals surface area (Å²) in [7, 11) is 0. The van der Waals surface area contributed by atoms with Gasteiger partial charge >= 0.3 is 6.09 Å². The zero-order valence-electron chi connectivity index (χ0n) is 9.77. The van der Waals surface area contributed by atoms with E-state index in [2.05, 4.69) is 5.18 Å². The van der Waals surface area contributed by atoms with Gasteiger partial charge in [-0.15, -0.1) is 4.91 Å². The summed E-state index contributed by atoms with van der Waals surface area (Å²) >= 11 is 5.75. The molecule has 2 atom stereocenters. The lowest BCUT2D eigenvalue weighted by molar-refractivity contribution is 0.0224. The Morgan fingerprint density at radius 2 is 2.19 bits per heavy atom. The van der Waals surface area contributed by atoms with Gasteiger partial charge in [0.25, 0.3) is 0 Å². The van der Waals surface area contributed by atoms with Gasteiger partial charge in [0.2, 0.25) is 0 Å². The monoisotopic (exact) mass is 248 g/mol. The maximum absolute atomic E-state index is 11.8. The van der Waals surface area contributed by atoms with Gasteiger partial charge in [-0.3, -0.25) is 0 Å². The zero-order valence-corrected chi connectivity index (χ0v) is 10.5. The fraction of sp³-hybridized carbons (Fsp3) is 0.900. The minimum absolute atomic E-state index is 0.339. The number of alkyl halides is 1. The molecule has 1 aliphatic heterocycles. The van der Waals surface area contributed by atoms with Crippen LogP contribution in [0.3, 0.4) is 0 Å². The topological polar surface area (TPSA) is 59.0 Å².